The minimum absolute atomic E-state index is 0.0244. The van der Waals surface area contributed by atoms with Crippen molar-refractivity contribution in [2.24, 2.45) is 5.92 Å². The van der Waals surface area contributed by atoms with Gasteiger partial charge in [-0.1, -0.05) is 61.5 Å². The fraction of sp³-hybridized carbons (Fsp3) is 0.318. The van der Waals surface area contributed by atoms with Gasteiger partial charge >= 0.3 is 0 Å². The molecule has 5 nitrogen and oxygen atoms in total. The van der Waals surface area contributed by atoms with Crippen LogP contribution in [0, 0.1) is 5.92 Å². The van der Waals surface area contributed by atoms with Crippen LogP contribution in [0.5, 0.6) is 0 Å². The number of aliphatic hydroxyl groups is 1. The number of hydrogen-bond donors (Lipinski definition) is 2. The number of ether oxygens (including phenoxy) is 2. The lowest BCUT2D eigenvalue weighted by Gasteiger charge is -2.27. The van der Waals surface area contributed by atoms with Gasteiger partial charge in [-0.3, -0.25) is 4.79 Å². The molecule has 2 aromatic rings. The summed E-state index contributed by atoms with van der Waals surface area (Å²) in [6.07, 6.45) is 2.08. The van der Waals surface area contributed by atoms with Crippen molar-refractivity contribution < 1.29 is 19.4 Å². The lowest BCUT2D eigenvalue weighted by atomic mass is 10.0. The first kappa shape index (κ1) is 19.1. The van der Waals surface area contributed by atoms with Crippen LogP contribution in [0.2, 0.25) is 0 Å². The molecule has 27 heavy (non-hydrogen) atoms. The predicted octanol–water partition coefficient (Wildman–Crippen LogP) is 3.28. The standard InChI is InChI=1S/C22H25NO4/c1-16-11-20(22(25)23-13-17-5-3-2-4-6-17)27-21(12-16)26-15-19-9-7-18(14-24)8-10-19/h2-11,16,21,24H,12-15H2,1H3,(H,23,25)/t16-,21+/m1/s1. The first-order valence-electron chi connectivity index (χ1n) is 9.15. The maximum atomic E-state index is 12.4. The van der Waals surface area contributed by atoms with Crippen molar-refractivity contribution in [2.75, 3.05) is 0 Å². The van der Waals surface area contributed by atoms with Gasteiger partial charge in [0.2, 0.25) is 6.29 Å². The zero-order valence-corrected chi connectivity index (χ0v) is 15.4. The van der Waals surface area contributed by atoms with Gasteiger partial charge < -0.3 is 19.9 Å². The second-order valence-electron chi connectivity index (χ2n) is 6.75. The Morgan fingerprint density at radius 2 is 1.81 bits per heavy atom. The summed E-state index contributed by atoms with van der Waals surface area (Å²) >= 11 is 0. The molecule has 0 radical (unpaired) electrons. The summed E-state index contributed by atoms with van der Waals surface area (Å²) in [5, 5.41) is 12.0. The van der Waals surface area contributed by atoms with Gasteiger partial charge in [-0.15, -0.1) is 0 Å². The summed E-state index contributed by atoms with van der Waals surface area (Å²) in [4.78, 5) is 12.4. The van der Waals surface area contributed by atoms with Crippen molar-refractivity contribution in [1.82, 2.24) is 5.32 Å². The summed E-state index contributed by atoms with van der Waals surface area (Å²) in [6, 6.07) is 17.3. The number of carbonyl (C=O) groups excluding carboxylic acids is 1. The van der Waals surface area contributed by atoms with E-state index in [-0.39, 0.29) is 18.4 Å². The van der Waals surface area contributed by atoms with Crippen molar-refractivity contribution in [1.29, 1.82) is 0 Å². The van der Waals surface area contributed by atoms with Crippen LogP contribution in [0.1, 0.15) is 30.0 Å². The first-order chi connectivity index (χ1) is 13.1. The van der Waals surface area contributed by atoms with Gasteiger partial charge in [0, 0.05) is 13.0 Å². The molecule has 2 atom stereocenters. The minimum atomic E-state index is -0.458. The largest absolute Gasteiger partial charge is 0.459 e. The van der Waals surface area contributed by atoms with Crippen LogP contribution in [-0.4, -0.2) is 17.3 Å². The van der Waals surface area contributed by atoms with Gasteiger partial charge in [0.25, 0.3) is 5.91 Å². The van der Waals surface area contributed by atoms with E-state index < -0.39 is 6.29 Å². The average Bonchev–Trinajstić information content (AvgIpc) is 2.71. The molecule has 0 bridgehead atoms. The van der Waals surface area contributed by atoms with E-state index in [9.17, 15) is 4.79 Å². The van der Waals surface area contributed by atoms with Gasteiger partial charge in [0.1, 0.15) is 0 Å². The van der Waals surface area contributed by atoms with E-state index in [1.807, 2.05) is 67.6 Å². The molecule has 1 aliphatic rings. The second-order valence-corrected chi connectivity index (χ2v) is 6.75. The van der Waals surface area contributed by atoms with Gasteiger partial charge in [-0.2, -0.15) is 0 Å². The van der Waals surface area contributed by atoms with Crippen LogP contribution in [-0.2, 0) is 34.0 Å². The summed E-state index contributed by atoms with van der Waals surface area (Å²) in [6.45, 7) is 2.91. The molecule has 1 aliphatic heterocycles. The van der Waals surface area contributed by atoms with Crippen molar-refractivity contribution in [3.63, 3.8) is 0 Å². The van der Waals surface area contributed by atoms with Crippen LogP contribution in [0.4, 0.5) is 0 Å². The quantitative estimate of drug-likeness (QED) is 0.788. The Morgan fingerprint density at radius 1 is 1.11 bits per heavy atom. The average molecular weight is 367 g/mol. The Hall–Kier alpha value is -2.63. The smallest absolute Gasteiger partial charge is 0.286 e. The highest BCUT2D eigenvalue weighted by molar-refractivity contribution is 5.91. The molecule has 0 aliphatic carbocycles. The molecular weight excluding hydrogens is 342 g/mol. The molecule has 2 aromatic carbocycles. The van der Waals surface area contributed by atoms with E-state index in [1.165, 1.54) is 0 Å². The van der Waals surface area contributed by atoms with Gasteiger partial charge in [0.15, 0.2) is 5.76 Å². The predicted molar refractivity (Wildman–Crippen MR) is 102 cm³/mol. The normalized spacial score (nSPS) is 19.1. The van der Waals surface area contributed by atoms with Crippen LogP contribution >= 0.6 is 0 Å². The third-order valence-corrected chi connectivity index (χ3v) is 4.42. The highest BCUT2D eigenvalue weighted by atomic mass is 16.7. The lowest BCUT2D eigenvalue weighted by molar-refractivity contribution is -0.152. The first-order valence-corrected chi connectivity index (χ1v) is 9.15. The molecule has 1 amide bonds. The molecule has 0 fully saturated rings. The molecule has 0 aromatic heterocycles. The number of rotatable bonds is 7. The van der Waals surface area contributed by atoms with Crippen molar-refractivity contribution in [3.05, 3.63) is 83.1 Å². The summed E-state index contributed by atoms with van der Waals surface area (Å²) in [5.74, 6) is 0.273. The summed E-state index contributed by atoms with van der Waals surface area (Å²) in [5.41, 5.74) is 2.89. The second kappa shape index (κ2) is 9.35. The van der Waals surface area contributed by atoms with E-state index in [4.69, 9.17) is 14.6 Å². The zero-order valence-electron chi connectivity index (χ0n) is 15.4. The third-order valence-electron chi connectivity index (χ3n) is 4.42. The summed E-state index contributed by atoms with van der Waals surface area (Å²) in [7, 11) is 0. The van der Waals surface area contributed by atoms with E-state index in [0.29, 0.717) is 25.3 Å². The molecule has 2 N–H and O–H groups in total. The molecule has 0 spiro atoms. The summed E-state index contributed by atoms with van der Waals surface area (Å²) < 4.78 is 11.6. The maximum absolute atomic E-state index is 12.4. The van der Waals surface area contributed by atoms with E-state index in [2.05, 4.69) is 5.32 Å². The highest BCUT2D eigenvalue weighted by Gasteiger charge is 2.25. The molecule has 142 valence electrons. The number of aliphatic hydroxyl groups excluding tert-OH is 1. The van der Waals surface area contributed by atoms with E-state index in [0.717, 1.165) is 16.7 Å². The molecule has 0 saturated heterocycles. The topological polar surface area (TPSA) is 67.8 Å². The van der Waals surface area contributed by atoms with E-state index in [1.54, 1.807) is 0 Å². The monoisotopic (exact) mass is 367 g/mol. The van der Waals surface area contributed by atoms with Gasteiger partial charge in [-0.25, -0.2) is 0 Å². The Labute approximate surface area is 159 Å². The van der Waals surface area contributed by atoms with Crippen molar-refractivity contribution >= 4 is 5.91 Å². The van der Waals surface area contributed by atoms with Crippen LogP contribution in [0.15, 0.2) is 66.4 Å². The molecule has 0 unspecified atom stereocenters. The molecule has 3 rings (SSSR count). The number of nitrogens with one attached hydrogen (secondary N) is 1. The minimum Gasteiger partial charge on any atom is -0.459 e. The Balaban J connectivity index is 1.52. The van der Waals surface area contributed by atoms with Crippen LogP contribution in [0.25, 0.3) is 0 Å². The fourth-order valence-corrected chi connectivity index (χ4v) is 2.89. The number of amides is 1. The van der Waals surface area contributed by atoms with Crippen molar-refractivity contribution in [3.8, 4) is 0 Å². The molecular formula is C22H25NO4. The molecule has 5 heteroatoms. The molecule has 0 saturated carbocycles. The Kier molecular flexibility index (Phi) is 6.63. The van der Waals surface area contributed by atoms with Crippen molar-refractivity contribution in [2.45, 2.75) is 39.4 Å². The highest BCUT2D eigenvalue weighted by Crippen LogP contribution is 2.24. The zero-order chi connectivity index (χ0) is 19.1. The number of hydrogen-bond acceptors (Lipinski definition) is 4. The van der Waals surface area contributed by atoms with Crippen LogP contribution in [0.3, 0.4) is 0 Å². The maximum Gasteiger partial charge on any atom is 0.286 e. The Bertz CT molecular complexity index is 771. The Morgan fingerprint density at radius 3 is 2.52 bits per heavy atom. The SMILES string of the molecule is C[C@@H]1C=C(C(=O)NCc2ccccc2)O[C@H](OCc2ccc(CO)cc2)C1. The lowest BCUT2D eigenvalue weighted by Crippen LogP contribution is -2.32. The van der Waals surface area contributed by atoms with E-state index >= 15 is 0 Å². The van der Waals surface area contributed by atoms with Crippen LogP contribution < -0.4 is 5.32 Å². The third kappa shape index (κ3) is 5.67. The number of allylic oxidation sites excluding steroid dienone is 1. The molecule has 1 heterocycles. The number of carbonyl (C=O) groups is 1. The fourth-order valence-electron chi connectivity index (χ4n) is 2.89. The number of benzene rings is 2. The van der Waals surface area contributed by atoms with Gasteiger partial charge in [-0.05, 0) is 28.7 Å². The van der Waals surface area contributed by atoms with Gasteiger partial charge in [0.05, 0.1) is 13.2 Å².